The quantitative estimate of drug-likeness (QED) is 0.783. The van der Waals surface area contributed by atoms with Gasteiger partial charge < -0.3 is 9.52 Å². The molecule has 1 aromatic carbocycles. The highest BCUT2D eigenvalue weighted by Crippen LogP contribution is 2.31. The fourth-order valence-corrected chi connectivity index (χ4v) is 2.66. The van der Waals surface area contributed by atoms with Crippen molar-refractivity contribution in [2.24, 2.45) is 0 Å². The van der Waals surface area contributed by atoms with Gasteiger partial charge in [-0.05, 0) is 41.1 Å². The van der Waals surface area contributed by atoms with Crippen LogP contribution in [0.1, 0.15) is 23.1 Å². The Morgan fingerprint density at radius 2 is 2.05 bits per heavy atom. The number of furan rings is 1. The summed E-state index contributed by atoms with van der Waals surface area (Å²) in [5.41, 5.74) is 2.51. The second kappa shape index (κ2) is 5.38. The zero-order valence-electron chi connectivity index (χ0n) is 11.0. The van der Waals surface area contributed by atoms with E-state index in [1.165, 1.54) is 0 Å². The monoisotopic (exact) mass is 331 g/mol. The maximum absolute atomic E-state index is 10.5. The third-order valence-corrected chi connectivity index (χ3v) is 3.81. The smallest absolute Gasteiger partial charge is 0.134 e. The third-order valence-electron chi connectivity index (χ3n) is 3.34. The minimum absolute atomic E-state index is 0.470. The molecular formula is C16H14BrNO2. The van der Waals surface area contributed by atoms with Gasteiger partial charge in [0.2, 0.25) is 0 Å². The zero-order valence-corrected chi connectivity index (χ0v) is 12.6. The summed E-state index contributed by atoms with van der Waals surface area (Å²) in [6.07, 6.45) is 1.59. The highest BCUT2D eigenvalue weighted by Gasteiger charge is 2.19. The van der Waals surface area contributed by atoms with E-state index in [9.17, 15) is 5.11 Å². The standard InChI is InChI=1S/C16H14BrNO2/c1-10-16(13-4-2-3-5-15(13)20-10)14(19)8-12-7-6-11(17)9-18-12/h2-7,9,14,19H,8H2,1H3. The normalized spacial score (nSPS) is 12.8. The van der Waals surface area contributed by atoms with Crippen molar-refractivity contribution in [3.8, 4) is 0 Å². The highest BCUT2D eigenvalue weighted by molar-refractivity contribution is 9.10. The van der Waals surface area contributed by atoms with E-state index < -0.39 is 6.10 Å². The van der Waals surface area contributed by atoms with Crippen LogP contribution in [-0.2, 0) is 6.42 Å². The van der Waals surface area contributed by atoms with Crippen LogP contribution in [0.2, 0.25) is 0 Å². The van der Waals surface area contributed by atoms with Crippen LogP contribution in [-0.4, -0.2) is 10.1 Å². The largest absolute Gasteiger partial charge is 0.461 e. The zero-order chi connectivity index (χ0) is 14.1. The Morgan fingerprint density at radius 1 is 1.25 bits per heavy atom. The van der Waals surface area contributed by atoms with Crippen molar-refractivity contribution < 1.29 is 9.52 Å². The minimum Gasteiger partial charge on any atom is -0.461 e. The summed E-state index contributed by atoms with van der Waals surface area (Å²) < 4.78 is 6.62. The molecule has 1 atom stereocenters. The summed E-state index contributed by atoms with van der Waals surface area (Å²) in [4.78, 5) is 4.30. The number of hydrogen-bond donors (Lipinski definition) is 1. The molecule has 0 fully saturated rings. The fourth-order valence-electron chi connectivity index (χ4n) is 2.43. The molecule has 0 spiro atoms. The molecule has 3 nitrogen and oxygen atoms in total. The number of aliphatic hydroxyl groups excluding tert-OH is 1. The molecule has 1 unspecified atom stereocenters. The lowest BCUT2D eigenvalue weighted by Gasteiger charge is -2.10. The summed E-state index contributed by atoms with van der Waals surface area (Å²) in [6.45, 7) is 1.88. The average Bonchev–Trinajstić information content (AvgIpc) is 2.77. The predicted molar refractivity (Wildman–Crippen MR) is 81.6 cm³/mol. The molecular weight excluding hydrogens is 318 g/mol. The molecule has 0 aliphatic carbocycles. The molecule has 2 heterocycles. The van der Waals surface area contributed by atoms with Gasteiger partial charge in [-0.2, -0.15) is 0 Å². The van der Waals surface area contributed by atoms with Gasteiger partial charge >= 0.3 is 0 Å². The van der Waals surface area contributed by atoms with E-state index in [2.05, 4.69) is 20.9 Å². The second-order valence-corrected chi connectivity index (χ2v) is 5.67. The fraction of sp³-hybridized carbons (Fsp3) is 0.188. The number of nitrogens with zero attached hydrogens (tertiary/aromatic N) is 1. The number of aromatic nitrogens is 1. The van der Waals surface area contributed by atoms with Crippen LogP contribution in [0, 0.1) is 6.92 Å². The van der Waals surface area contributed by atoms with Crippen molar-refractivity contribution in [1.29, 1.82) is 0 Å². The first-order valence-electron chi connectivity index (χ1n) is 6.41. The van der Waals surface area contributed by atoms with Gasteiger partial charge in [0.1, 0.15) is 11.3 Å². The summed E-state index contributed by atoms with van der Waals surface area (Å²) in [7, 11) is 0. The summed E-state index contributed by atoms with van der Waals surface area (Å²) >= 11 is 3.35. The van der Waals surface area contributed by atoms with Crippen LogP contribution < -0.4 is 0 Å². The molecule has 20 heavy (non-hydrogen) atoms. The maximum atomic E-state index is 10.5. The molecule has 2 aromatic heterocycles. The average molecular weight is 332 g/mol. The lowest BCUT2D eigenvalue weighted by molar-refractivity contribution is 0.176. The Bertz CT molecular complexity index is 734. The number of halogens is 1. The number of aliphatic hydroxyl groups is 1. The molecule has 1 N–H and O–H groups in total. The van der Waals surface area contributed by atoms with Gasteiger partial charge in [-0.1, -0.05) is 18.2 Å². The molecule has 0 amide bonds. The van der Waals surface area contributed by atoms with Crippen molar-refractivity contribution in [3.63, 3.8) is 0 Å². The molecule has 3 aromatic rings. The van der Waals surface area contributed by atoms with Gasteiger partial charge in [0.25, 0.3) is 0 Å². The van der Waals surface area contributed by atoms with E-state index in [1.807, 2.05) is 43.3 Å². The van der Waals surface area contributed by atoms with E-state index in [1.54, 1.807) is 6.20 Å². The Hall–Kier alpha value is -1.65. The number of benzene rings is 1. The number of para-hydroxylation sites is 1. The van der Waals surface area contributed by atoms with E-state index in [-0.39, 0.29) is 0 Å². The number of pyridine rings is 1. The first kappa shape index (κ1) is 13.3. The number of rotatable bonds is 3. The molecule has 0 bridgehead atoms. The highest BCUT2D eigenvalue weighted by atomic mass is 79.9. The van der Waals surface area contributed by atoms with Gasteiger partial charge in [-0.25, -0.2) is 0 Å². The molecule has 3 rings (SSSR count). The second-order valence-electron chi connectivity index (χ2n) is 4.76. The SMILES string of the molecule is Cc1oc2ccccc2c1C(O)Cc1ccc(Br)cn1. The lowest BCUT2D eigenvalue weighted by Crippen LogP contribution is -2.04. The van der Waals surface area contributed by atoms with Crippen LogP contribution in [0.5, 0.6) is 0 Å². The van der Waals surface area contributed by atoms with Gasteiger partial charge in [-0.15, -0.1) is 0 Å². The Labute approximate surface area is 125 Å². The first-order valence-corrected chi connectivity index (χ1v) is 7.21. The third kappa shape index (κ3) is 2.49. The molecule has 0 radical (unpaired) electrons. The predicted octanol–water partition coefficient (Wildman–Crippen LogP) is 4.17. The lowest BCUT2D eigenvalue weighted by atomic mass is 10.0. The van der Waals surface area contributed by atoms with Crippen molar-refractivity contribution in [2.45, 2.75) is 19.4 Å². The Morgan fingerprint density at radius 3 is 2.80 bits per heavy atom. The summed E-state index contributed by atoms with van der Waals surface area (Å²) in [5.74, 6) is 0.760. The van der Waals surface area contributed by atoms with Crippen LogP contribution in [0.3, 0.4) is 0 Å². The molecule has 102 valence electrons. The van der Waals surface area contributed by atoms with E-state index in [0.717, 1.165) is 32.5 Å². The number of fused-ring (bicyclic) bond motifs is 1. The van der Waals surface area contributed by atoms with Crippen LogP contribution >= 0.6 is 15.9 Å². The van der Waals surface area contributed by atoms with Crippen LogP contribution in [0.4, 0.5) is 0 Å². The Kier molecular flexibility index (Phi) is 3.59. The molecule has 4 heteroatoms. The number of aryl methyl sites for hydroxylation is 1. The van der Waals surface area contributed by atoms with Gasteiger partial charge in [0, 0.05) is 33.7 Å². The van der Waals surface area contributed by atoms with Crippen LogP contribution in [0.25, 0.3) is 11.0 Å². The van der Waals surface area contributed by atoms with E-state index in [0.29, 0.717) is 6.42 Å². The summed E-state index contributed by atoms with van der Waals surface area (Å²) in [5, 5.41) is 11.5. The van der Waals surface area contributed by atoms with E-state index in [4.69, 9.17) is 4.42 Å². The van der Waals surface area contributed by atoms with Crippen molar-refractivity contribution in [3.05, 3.63) is 64.1 Å². The molecule has 0 aliphatic heterocycles. The topological polar surface area (TPSA) is 46.3 Å². The van der Waals surface area contributed by atoms with Gasteiger partial charge in [0.15, 0.2) is 0 Å². The Balaban J connectivity index is 1.94. The molecule has 0 saturated carbocycles. The molecule has 0 saturated heterocycles. The first-order chi connectivity index (χ1) is 9.65. The summed E-state index contributed by atoms with van der Waals surface area (Å²) in [6, 6.07) is 11.6. The minimum atomic E-state index is -0.618. The van der Waals surface area contributed by atoms with Gasteiger partial charge in [-0.3, -0.25) is 4.98 Å². The molecule has 0 aliphatic rings. The van der Waals surface area contributed by atoms with Crippen LogP contribution in [0.15, 0.2) is 51.5 Å². The van der Waals surface area contributed by atoms with E-state index >= 15 is 0 Å². The van der Waals surface area contributed by atoms with Gasteiger partial charge in [0.05, 0.1) is 6.10 Å². The van der Waals surface area contributed by atoms with Crippen molar-refractivity contribution in [1.82, 2.24) is 4.98 Å². The number of hydrogen-bond acceptors (Lipinski definition) is 3. The maximum Gasteiger partial charge on any atom is 0.134 e. The van der Waals surface area contributed by atoms with Crippen molar-refractivity contribution in [2.75, 3.05) is 0 Å². The van der Waals surface area contributed by atoms with Crippen molar-refractivity contribution >= 4 is 26.9 Å².